The smallest absolute Gasteiger partial charge is 0.225 e. The average Bonchev–Trinajstić information content (AvgIpc) is 2.46. The van der Waals surface area contributed by atoms with E-state index in [1.54, 1.807) is 19.5 Å². The van der Waals surface area contributed by atoms with Crippen molar-refractivity contribution < 1.29 is 4.74 Å². The van der Waals surface area contributed by atoms with Crippen LogP contribution in [0.4, 0.5) is 5.95 Å². The van der Waals surface area contributed by atoms with Gasteiger partial charge in [0.1, 0.15) is 0 Å². The molecule has 0 saturated carbocycles. The van der Waals surface area contributed by atoms with Crippen LogP contribution in [-0.4, -0.2) is 42.3 Å². The van der Waals surface area contributed by atoms with Gasteiger partial charge in [-0.2, -0.15) is 0 Å². The van der Waals surface area contributed by atoms with E-state index in [0.29, 0.717) is 17.8 Å². The molecule has 0 spiro atoms. The highest BCUT2D eigenvalue weighted by molar-refractivity contribution is 5.33. The molecule has 1 fully saturated rings. The van der Waals surface area contributed by atoms with Crippen molar-refractivity contribution in [2.45, 2.75) is 45.2 Å². The molecular weight excluding hydrogens is 240 g/mol. The number of rotatable bonds is 5. The molecule has 2 heterocycles. The van der Waals surface area contributed by atoms with Gasteiger partial charge in [-0.05, 0) is 33.2 Å². The van der Waals surface area contributed by atoms with Crippen LogP contribution in [0.5, 0.6) is 5.75 Å². The number of aromatic nitrogens is 2. The number of ether oxygens (including phenoxy) is 1. The van der Waals surface area contributed by atoms with E-state index in [4.69, 9.17) is 4.74 Å². The number of piperidine rings is 1. The first kappa shape index (κ1) is 14.1. The van der Waals surface area contributed by atoms with E-state index in [0.717, 1.165) is 19.0 Å². The molecule has 1 aromatic rings. The number of anilines is 1. The Bertz CT molecular complexity index is 374. The van der Waals surface area contributed by atoms with E-state index >= 15 is 0 Å². The summed E-state index contributed by atoms with van der Waals surface area (Å²) < 4.78 is 5.10. The van der Waals surface area contributed by atoms with Crippen LogP contribution >= 0.6 is 0 Å². The molecule has 0 bridgehead atoms. The zero-order valence-electron chi connectivity index (χ0n) is 12.1. The Morgan fingerprint density at radius 2 is 2.11 bits per heavy atom. The van der Waals surface area contributed by atoms with Gasteiger partial charge in [-0.3, -0.25) is 0 Å². The number of nitrogens with zero attached hydrogens (tertiary/aromatic N) is 3. The summed E-state index contributed by atoms with van der Waals surface area (Å²) in [6.45, 7) is 6.44. The van der Waals surface area contributed by atoms with Gasteiger partial charge in [0.25, 0.3) is 0 Å². The van der Waals surface area contributed by atoms with Crippen LogP contribution in [0.1, 0.15) is 33.1 Å². The molecule has 106 valence electrons. The molecule has 2 rings (SSSR count). The third kappa shape index (κ3) is 3.80. The summed E-state index contributed by atoms with van der Waals surface area (Å²) in [7, 11) is 1.63. The molecule has 0 aliphatic carbocycles. The second kappa shape index (κ2) is 6.70. The molecule has 5 nitrogen and oxygen atoms in total. The van der Waals surface area contributed by atoms with Crippen LogP contribution in [0.15, 0.2) is 12.4 Å². The molecule has 0 amide bonds. The molecule has 5 heteroatoms. The van der Waals surface area contributed by atoms with Crippen LogP contribution in [0.3, 0.4) is 0 Å². The Labute approximate surface area is 115 Å². The monoisotopic (exact) mass is 264 g/mol. The van der Waals surface area contributed by atoms with Gasteiger partial charge in [0.05, 0.1) is 19.5 Å². The first-order valence-corrected chi connectivity index (χ1v) is 7.06. The highest BCUT2D eigenvalue weighted by Gasteiger charge is 2.20. The molecule has 1 unspecified atom stereocenters. The summed E-state index contributed by atoms with van der Waals surface area (Å²) in [5.41, 5.74) is 0. The highest BCUT2D eigenvalue weighted by Crippen LogP contribution is 2.17. The third-order valence-electron chi connectivity index (χ3n) is 3.56. The first-order chi connectivity index (χ1) is 9.20. The Hall–Kier alpha value is -1.36. The summed E-state index contributed by atoms with van der Waals surface area (Å²) >= 11 is 0. The van der Waals surface area contributed by atoms with Crippen molar-refractivity contribution in [2.24, 2.45) is 0 Å². The van der Waals surface area contributed by atoms with E-state index in [1.165, 1.54) is 19.3 Å². The molecule has 0 radical (unpaired) electrons. The van der Waals surface area contributed by atoms with Crippen molar-refractivity contribution in [1.82, 2.24) is 15.3 Å². The van der Waals surface area contributed by atoms with Gasteiger partial charge in [-0.25, -0.2) is 9.97 Å². The summed E-state index contributed by atoms with van der Waals surface area (Å²) in [5.74, 6) is 1.48. The van der Waals surface area contributed by atoms with Crippen LogP contribution in [-0.2, 0) is 0 Å². The molecule has 1 atom stereocenters. The molecule has 1 aliphatic heterocycles. The quantitative estimate of drug-likeness (QED) is 0.879. The van der Waals surface area contributed by atoms with Crippen molar-refractivity contribution in [3.63, 3.8) is 0 Å². The SMILES string of the molecule is COc1cnc(N(CC2CCCCN2)C(C)C)nc1. The minimum absolute atomic E-state index is 0.386. The van der Waals surface area contributed by atoms with Crippen LogP contribution in [0.2, 0.25) is 0 Å². The standard InChI is InChI=1S/C14H24N4O/c1-11(2)18(10-12-6-4-5-7-15-12)14-16-8-13(19-3)9-17-14/h8-9,11-12,15H,4-7,10H2,1-3H3. The van der Waals surface area contributed by atoms with Crippen molar-refractivity contribution >= 4 is 5.95 Å². The van der Waals surface area contributed by atoms with Gasteiger partial charge >= 0.3 is 0 Å². The van der Waals surface area contributed by atoms with Crippen molar-refractivity contribution in [1.29, 1.82) is 0 Å². The number of methoxy groups -OCH3 is 1. The van der Waals surface area contributed by atoms with Crippen LogP contribution in [0.25, 0.3) is 0 Å². The molecule has 0 aromatic carbocycles. The summed E-state index contributed by atoms with van der Waals surface area (Å²) in [4.78, 5) is 11.0. The second-order valence-electron chi connectivity index (χ2n) is 5.32. The molecule has 1 aliphatic rings. The van der Waals surface area contributed by atoms with Crippen LogP contribution < -0.4 is 15.0 Å². The van der Waals surface area contributed by atoms with Crippen molar-refractivity contribution in [2.75, 3.05) is 25.1 Å². The second-order valence-corrected chi connectivity index (χ2v) is 5.32. The Kier molecular flexibility index (Phi) is 4.96. The summed E-state index contributed by atoms with van der Waals surface area (Å²) in [6.07, 6.45) is 7.29. The van der Waals surface area contributed by atoms with Crippen LogP contribution in [0, 0.1) is 0 Å². The number of nitrogens with one attached hydrogen (secondary N) is 1. The maximum absolute atomic E-state index is 5.10. The number of hydrogen-bond acceptors (Lipinski definition) is 5. The van der Waals surface area contributed by atoms with Gasteiger partial charge in [-0.15, -0.1) is 0 Å². The summed E-state index contributed by atoms with van der Waals surface area (Å²) in [6, 6.07) is 0.930. The maximum Gasteiger partial charge on any atom is 0.225 e. The maximum atomic E-state index is 5.10. The van der Waals surface area contributed by atoms with Gasteiger partial charge in [0.15, 0.2) is 5.75 Å². The predicted molar refractivity (Wildman–Crippen MR) is 76.7 cm³/mol. The zero-order valence-corrected chi connectivity index (χ0v) is 12.1. The van der Waals surface area contributed by atoms with Gasteiger partial charge in [0.2, 0.25) is 5.95 Å². The van der Waals surface area contributed by atoms with E-state index in [9.17, 15) is 0 Å². The van der Waals surface area contributed by atoms with Gasteiger partial charge in [0, 0.05) is 18.6 Å². The third-order valence-corrected chi connectivity index (χ3v) is 3.56. The molecule has 1 N–H and O–H groups in total. The fraction of sp³-hybridized carbons (Fsp3) is 0.714. The van der Waals surface area contributed by atoms with E-state index in [2.05, 4.69) is 34.0 Å². The largest absolute Gasteiger partial charge is 0.494 e. The minimum Gasteiger partial charge on any atom is -0.494 e. The normalized spacial score (nSPS) is 19.5. The fourth-order valence-corrected chi connectivity index (χ4v) is 2.40. The van der Waals surface area contributed by atoms with Gasteiger partial charge < -0.3 is 15.0 Å². The van der Waals surface area contributed by atoms with Crippen molar-refractivity contribution in [3.8, 4) is 5.75 Å². The fourth-order valence-electron chi connectivity index (χ4n) is 2.40. The lowest BCUT2D eigenvalue weighted by Crippen LogP contribution is -2.46. The first-order valence-electron chi connectivity index (χ1n) is 7.06. The molecule has 1 aromatic heterocycles. The molecule has 1 saturated heterocycles. The lowest BCUT2D eigenvalue weighted by molar-refractivity contribution is 0.390. The lowest BCUT2D eigenvalue weighted by Gasteiger charge is -2.33. The van der Waals surface area contributed by atoms with E-state index < -0.39 is 0 Å². The lowest BCUT2D eigenvalue weighted by atomic mass is 10.0. The Balaban J connectivity index is 2.05. The highest BCUT2D eigenvalue weighted by atomic mass is 16.5. The molecular formula is C14H24N4O. The average molecular weight is 264 g/mol. The number of hydrogen-bond donors (Lipinski definition) is 1. The van der Waals surface area contributed by atoms with E-state index in [-0.39, 0.29) is 0 Å². The predicted octanol–water partition coefficient (Wildman–Crippen LogP) is 1.84. The van der Waals surface area contributed by atoms with E-state index in [1.807, 2.05) is 0 Å². The molecule has 19 heavy (non-hydrogen) atoms. The summed E-state index contributed by atoms with van der Waals surface area (Å²) in [5, 5.41) is 3.57. The van der Waals surface area contributed by atoms with Gasteiger partial charge in [-0.1, -0.05) is 6.42 Å². The zero-order chi connectivity index (χ0) is 13.7. The Morgan fingerprint density at radius 3 is 2.63 bits per heavy atom. The van der Waals surface area contributed by atoms with Crippen molar-refractivity contribution in [3.05, 3.63) is 12.4 Å². The Morgan fingerprint density at radius 1 is 1.37 bits per heavy atom. The topological polar surface area (TPSA) is 50.3 Å². The minimum atomic E-state index is 0.386.